The van der Waals surface area contributed by atoms with Crippen LogP contribution in [0.25, 0.3) is 0 Å². The van der Waals surface area contributed by atoms with Gasteiger partial charge in [-0.2, -0.15) is 0 Å². The van der Waals surface area contributed by atoms with E-state index in [4.69, 9.17) is 9.73 Å². The van der Waals surface area contributed by atoms with E-state index < -0.39 is 0 Å². The van der Waals surface area contributed by atoms with Gasteiger partial charge in [-0.3, -0.25) is 0 Å². The third-order valence-corrected chi connectivity index (χ3v) is 3.99. The number of para-hydroxylation sites is 1. The van der Waals surface area contributed by atoms with Crippen LogP contribution in [0.4, 0.5) is 0 Å². The summed E-state index contributed by atoms with van der Waals surface area (Å²) < 4.78 is 5.15. The molecule has 1 aliphatic rings. The monoisotopic (exact) mass is 433 g/mol. The van der Waals surface area contributed by atoms with Crippen molar-refractivity contribution in [2.45, 2.75) is 33.2 Å². The minimum atomic E-state index is 0. The van der Waals surface area contributed by atoms with Gasteiger partial charge < -0.3 is 20.1 Å². The molecule has 0 aromatic heterocycles. The number of benzene rings is 1. The van der Waals surface area contributed by atoms with Crippen LogP contribution in [0.1, 0.15) is 32.3 Å². The number of rotatable bonds is 4. The number of phenols is 1. The zero-order chi connectivity index (χ0) is 15.9. The summed E-state index contributed by atoms with van der Waals surface area (Å²) in [6, 6.07) is 5.50. The lowest BCUT2D eigenvalue weighted by Crippen LogP contribution is -2.46. The maximum atomic E-state index is 10.2. The van der Waals surface area contributed by atoms with Crippen LogP contribution in [0.5, 0.6) is 11.5 Å². The summed E-state index contributed by atoms with van der Waals surface area (Å²) in [5, 5.41) is 13.5. The first-order valence-corrected chi connectivity index (χ1v) is 8.03. The first-order valence-electron chi connectivity index (χ1n) is 8.03. The van der Waals surface area contributed by atoms with Crippen molar-refractivity contribution < 1.29 is 9.84 Å². The fraction of sp³-hybridized carbons (Fsp3) is 0.588. The molecule has 1 aromatic rings. The Balaban J connectivity index is 0.00000264. The van der Waals surface area contributed by atoms with Crippen LogP contribution in [0, 0.1) is 5.92 Å². The van der Waals surface area contributed by atoms with Crippen molar-refractivity contribution in [2.24, 2.45) is 10.9 Å². The molecule has 1 saturated heterocycles. The predicted octanol–water partition coefficient (Wildman–Crippen LogP) is 3.22. The summed E-state index contributed by atoms with van der Waals surface area (Å²) in [5.41, 5.74) is 0.778. The number of ether oxygens (including phenoxy) is 1. The second-order valence-electron chi connectivity index (χ2n) is 5.83. The van der Waals surface area contributed by atoms with Gasteiger partial charge in [-0.25, -0.2) is 4.99 Å². The lowest BCUT2D eigenvalue weighted by atomic mass is 10.0. The molecule has 5 nitrogen and oxygen atoms in total. The first kappa shape index (κ1) is 19.9. The Morgan fingerprint density at radius 2 is 2.26 bits per heavy atom. The zero-order valence-electron chi connectivity index (χ0n) is 14.2. The molecule has 1 aromatic carbocycles. The number of nitrogens with one attached hydrogen (secondary N) is 1. The fourth-order valence-corrected chi connectivity index (χ4v) is 2.83. The van der Waals surface area contributed by atoms with E-state index in [9.17, 15) is 5.11 Å². The van der Waals surface area contributed by atoms with Gasteiger partial charge in [0.15, 0.2) is 17.5 Å². The van der Waals surface area contributed by atoms with Gasteiger partial charge in [0.05, 0.1) is 13.7 Å². The molecule has 0 aliphatic carbocycles. The SMILES string of the molecule is CCNC(=NCc1cccc(OC)c1O)N1CCCC(C)C1.I. The Kier molecular flexibility index (Phi) is 8.51. The van der Waals surface area contributed by atoms with E-state index in [0.29, 0.717) is 18.2 Å². The number of likely N-dealkylation sites (tertiary alicyclic amines) is 1. The predicted molar refractivity (Wildman–Crippen MR) is 105 cm³/mol. The second kappa shape index (κ2) is 9.85. The van der Waals surface area contributed by atoms with Crippen LogP contribution < -0.4 is 10.1 Å². The van der Waals surface area contributed by atoms with Gasteiger partial charge >= 0.3 is 0 Å². The van der Waals surface area contributed by atoms with Gasteiger partial charge in [0, 0.05) is 25.2 Å². The summed E-state index contributed by atoms with van der Waals surface area (Å²) in [6.45, 7) is 7.72. The lowest BCUT2D eigenvalue weighted by molar-refractivity contribution is 0.266. The molecule has 1 unspecified atom stereocenters. The maximum Gasteiger partial charge on any atom is 0.194 e. The molecule has 1 heterocycles. The molecule has 1 aliphatic heterocycles. The molecular formula is C17H28IN3O2. The molecule has 0 amide bonds. The van der Waals surface area contributed by atoms with Crippen molar-refractivity contribution >= 4 is 29.9 Å². The number of halogens is 1. The highest BCUT2D eigenvalue weighted by Gasteiger charge is 2.19. The van der Waals surface area contributed by atoms with E-state index >= 15 is 0 Å². The van der Waals surface area contributed by atoms with Crippen molar-refractivity contribution in [1.29, 1.82) is 0 Å². The first-order chi connectivity index (χ1) is 10.7. The summed E-state index contributed by atoms with van der Waals surface area (Å²) in [5.74, 6) is 2.29. The van der Waals surface area contributed by atoms with Crippen molar-refractivity contribution in [3.63, 3.8) is 0 Å². The average Bonchev–Trinajstić information content (AvgIpc) is 2.52. The van der Waals surface area contributed by atoms with Crippen molar-refractivity contribution in [3.8, 4) is 11.5 Å². The number of nitrogens with zero attached hydrogens (tertiary/aromatic N) is 2. The molecule has 2 rings (SSSR count). The number of aliphatic imine (C=N–C) groups is 1. The standard InChI is InChI=1S/C17H27N3O2.HI/c1-4-18-17(20-10-6-7-13(2)12-20)19-11-14-8-5-9-15(22-3)16(14)21;/h5,8-9,13,21H,4,6-7,10-12H2,1-3H3,(H,18,19);1H. The third-order valence-electron chi connectivity index (χ3n) is 3.99. The van der Waals surface area contributed by atoms with Gasteiger partial charge in [0.2, 0.25) is 0 Å². The number of hydrogen-bond acceptors (Lipinski definition) is 3. The van der Waals surface area contributed by atoms with Crippen LogP contribution in [-0.2, 0) is 6.54 Å². The minimum absolute atomic E-state index is 0. The highest BCUT2D eigenvalue weighted by molar-refractivity contribution is 14.0. The Hall–Kier alpha value is -1.18. The molecule has 0 radical (unpaired) electrons. The molecular weight excluding hydrogens is 405 g/mol. The quantitative estimate of drug-likeness (QED) is 0.435. The Labute approximate surface area is 156 Å². The zero-order valence-corrected chi connectivity index (χ0v) is 16.5. The van der Waals surface area contributed by atoms with Crippen LogP contribution in [0.3, 0.4) is 0 Å². The molecule has 2 N–H and O–H groups in total. The van der Waals surface area contributed by atoms with E-state index in [0.717, 1.165) is 31.2 Å². The van der Waals surface area contributed by atoms with E-state index in [1.807, 2.05) is 12.1 Å². The van der Waals surface area contributed by atoms with E-state index in [2.05, 4.69) is 24.1 Å². The molecule has 1 fully saturated rings. The Morgan fingerprint density at radius 3 is 2.91 bits per heavy atom. The normalized spacial score (nSPS) is 18.3. The van der Waals surface area contributed by atoms with E-state index in [-0.39, 0.29) is 29.7 Å². The smallest absolute Gasteiger partial charge is 0.194 e. The number of hydrogen-bond donors (Lipinski definition) is 2. The summed E-state index contributed by atoms with van der Waals surface area (Å²) >= 11 is 0. The van der Waals surface area contributed by atoms with Crippen molar-refractivity contribution in [2.75, 3.05) is 26.7 Å². The van der Waals surface area contributed by atoms with Gasteiger partial charge in [-0.15, -0.1) is 24.0 Å². The van der Waals surface area contributed by atoms with Gasteiger partial charge in [-0.1, -0.05) is 19.1 Å². The summed E-state index contributed by atoms with van der Waals surface area (Å²) in [6.07, 6.45) is 2.49. The molecule has 6 heteroatoms. The topological polar surface area (TPSA) is 57.1 Å². The third kappa shape index (κ3) is 5.44. The Bertz CT molecular complexity index is 523. The Morgan fingerprint density at radius 1 is 1.48 bits per heavy atom. The van der Waals surface area contributed by atoms with E-state index in [1.165, 1.54) is 12.8 Å². The highest BCUT2D eigenvalue weighted by atomic mass is 127. The summed E-state index contributed by atoms with van der Waals surface area (Å²) in [7, 11) is 1.56. The van der Waals surface area contributed by atoms with E-state index in [1.54, 1.807) is 13.2 Å². The number of methoxy groups -OCH3 is 1. The molecule has 130 valence electrons. The van der Waals surface area contributed by atoms with Crippen LogP contribution in [0.15, 0.2) is 23.2 Å². The maximum absolute atomic E-state index is 10.2. The molecule has 1 atom stereocenters. The highest BCUT2D eigenvalue weighted by Crippen LogP contribution is 2.29. The number of piperidine rings is 1. The van der Waals surface area contributed by atoms with Gasteiger partial charge in [-0.05, 0) is 31.7 Å². The number of phenolic OH excluding ortho intramolecular Hbond substituents is 1. The van der Waals surface area contributed by atoms with Gasteiger partial charge in [0.25, 0.3) is 0 Å². The summed E-state index contributed by atoms with van der Waals surface area (Å²) in [4.78, 5) is 7.01. The van der Waals surface area contributed by atoms with Crippen LogP contribution >= 0.6 is 24.0 Å². The number of aromatic hydroxyl groups is 1. The number of guanidine groups is 1. The fourth-order valence-electron chi connectivity index (χ4n) is 2.83. The van der Waals surface area contributed by atoms with Crippen molar-refractivity contribution in [1.82, 2.24) is 10.2 Å². The average molecular weight is 433 g/mol. The van der Waals surface area contributed by atoms with Gasteiger partial charge in [0.1, 0.15) is 0 Å². The second-order valence-corrected chi connectivity index (χ2v) is 5.83. The molecule has 23 heavy (non-hydrogen) atoms. The largest absolute Gasteiger partial charge is 0.504 e. The van der Waals surface area contributed by atoms with Crippen LogP contribution in [0.2, 0.25) is 0 Å². The van der Waals surface area contributed by atoms with Crippen molar-refractivity contribution in [3.05, 3.63) is 23.8 Å². The lowest BCUT2D eigenvalue weighted by Gasteiger charge is -2.33. The minimum Gasteiger partial charge on any atom is -0.504 e. The molecule has 0 spiro atoms. The molecule has 0 bridgehead atoms. The molecule has 0 saturated carbocycles. The van der Waals surface area contributed by atoms with Crippen LogP contribution in [-0.4, -0.2) is 42.7 Å².